The predicted molar refractivity (Wildman–Crippen MR) is 50.6 cm³/mol. The topological polar surface area (TPSA) is 66.8 Å². The van der Waals surface area contributed by atoms with E-state index >= 15 is 0 Å². The van der Waals surface area contributed by atoms with Crippen LogP contribution in [0, 0.1) is 0 Å². The van der Waals surface area contributed by atoms with Gasteiger partial charge in [-0.3, -0.25) is 9.59 Å². The number of ether oxygens (including phenoxy) is 1. The van der Waals surface area contributed by atoms with Gasteiger partial charge in [0.05, 0.1) is 13.5 Å². The van der Waals surface area contributed by atoms with Crippen molar-refractivity contribution in [1.29, 1.82) is 0 Å². The summed E-state index contributed by atoms with van der Waals surface area (Å²) in [4.78, 5) is 23.5. The Morgan fingerprint density at radius 2 is 2.00 bits per heavy atom. The van der Waals surface area contributed by atoms with Crippen molar-refractivity contribution < 1.29 is 19.4 Å². The Kier molecular flexibility index (Phi) is 6.74. The first-order chi connectivity index (χ1) is 6.61. The minimum absolute atomic E-state index is 0.0105. The Morgan fingerprint density at radius 3 is 2.50 bits per heavy atom. The van der Waals surface area contributed by atoms with Gasteiger partial charge in [0.1, 0.15) is 0 Å². The summed E-state index contributed by atoms with van der Waals surface area (Å²) in [6.07, 6.45) is 0.980. The molecule has 0 rings (SSSR count). The molecule has 0 unspecified atom stereocenters. The summed E-state index contributed by atoms with van der Waals surface area (Å²) in [6.45, 7) is 0.369. The molecule has 0 bridgehead atoms. The van der Waals surface area contributed by atoms with Gasteiger partial charge in [-0.1, -0.05) is 0 Å². The van der Waals surface area contributed by atoms with Gasteiger partial charge >= 0.3 is 5.97 Å². The molecule has 0 saturated heterocycles. The summed E-state index contributed by atoms with van der Waals surface area (Å²) in [7, 11) is 2.94. The van der Waals surface area contributed by atoms with Crippen molar-refractivity contribution >= 4 is 11.9 Å². The van der Waals surface area contributed by atoms with Crippen LogP contribution in [0.1, 0.15) is 19.3 Å². The maximum absolute atomic E-state index is 11.3. The number of methoxy groups -OCH3 is 1. The number of aliphatic hydroxyl groups excluding tert-OH is 1. The molecule has 0 spiro atoms. The number of amides is 1. The third kappa shape index (κ3) is 5.53. The van der Waals surface area contributed by atoms with E-state index in [1.54, 1.807) is 7.05 Å². The molecule has 82 valence electrons. The fourth-order valence-corrected chi connectivity index (χ4v) is 0.907. The van der Waals surface area contributed by atoms with E-state index in [1.165, 1.54) is 12.0 Å². The van der Waals surface area contributed by atoms with Gasteiger partial charge in [-0.25, -0.2) is 0 Å². The molecule has 0 aliphatic rings. The predicted octanol–water partition coefficient (Wildman–Crippen LogP) is -0.220. The van der Waals surface area contributed by atoms with Crippen LogP contribution in [0.3, 0.4) is 0 Å². The molecule has 0 saturated carbocycles. The highest BCUT2D eigenvalue weighted by atomic mass is 16.5. The van der Waals surface area contributed by atoms with Crippen molar-refractivity contribution in [2.75, 3.05) is 27.3 Å². The third-order valence-electron chi connectivity index (χ3n) is 1.85. The van der Waals surface area contributed by atoms with Gasteiger partial charge in [0.2, 0.25) is 5.91 Å². The van der Waals surface area contributed by atoms with Crippen LogP contribution in [0.2, 0.25) is 0 Å². The second-order valence-electron chi connectivity index (χ2n) is 2.97. The number of carbonyl (C=O) groups excluding carboxylic acids is 2. The van der Waals surface area contributed by atoms with Crippen molar-refractivity contribution in [3.05, 3.63) is 0 Å². The Labute approximate surface area is 83.6 Å². The Morgan fingerprint density at radius 1 is 1.36 bits per heavy atom. The van der Waals surface area contributed by atoms with Gasteiger partial charge in [0.25, 0.3) is 0 Å². The standard InChI is InChI=1S/C9H17NO4/c1-10(6-5-9(13)14-2)8(12)4-3-7-11/h11H,3-7H2,1-2H3. The lowest BCUT2D eigenvalue weighted by atomic mass is 10.3. The molecule has 0 aliphatic heterocycles. The molecule has 0 aliphatic carbocycles. The number of rotatable bonds is 6. The Bertz CT molecular complexity index is 193. The first-order valence-electron chi connectivity index (χ1n) is 4.53. The molecule has 1 amide bonds. The molecule has 0 atom stereocenters. The highest BCUT2D eigenvalue weighted by Crippen LogP contribution is 1.97. The molecule has 0 aromatic heterocycles. The van der Waals surface area contributed by atoms with Crippen LogP contribution in [-0.2, 0) is 14.3 Å². The molecule has 1 N–H and O–H groups in total. The van der Waals surface area contributed by atoms with E-state index in [0.29, 0.717) is 19.4 Å². The van der Waals surface area contributed by atoms with Gasteiger partial charge < -0.3 is 14.7 Å². The van der Waals surface area contributed by atoms with E-state index in [-0.39, 0.29) is 24.9 Å². The highest BCUT2D eigenvalue weighted by Gasteiger charge is 2.09. The normalized spacial score (nSPS) is 9.64. The average Bonchev–Trinajstić information content (AvgIpc) is 2.21. The molecule has 0 radical (unpaired) electrons. The number of hydrogen-bond donors (Lipinski definition) is 1. The number of carbonyl (C=O) groups is 2. The van der Waals surface area contributed by atoms with Crippen molar-refractivity contribution in [2.45, 2.75) is 19.3 Å². The van der Waals surface area contributed by atoms with E-state index < -0.39 is 0 Å². The maximum Gasteiger partial charge on any atom is 0.307 e. The molecular formula is C9H17NO4. The molecule has 0 aromatic rings. The quantitative estimate of drug-likeness (QED) is 0.606. The second kappa shape index (κ2) is 7.32. The lowest BCUT2D eigenvalue weighted by molar-refractivity contribution is -0.141. The fraction of sp³-hybridized carbons (Fsp3) is 0.778. The van der Waals surface area contributed by atoms with Crippen molar-refractivity contribution in [3.8, 4) is 0 Å². The van der Waals surface area contributed by atoms with E-state index in [4.69, 9.17) is 5.11 Å². The average molecular weight is 203 g/mol. The zero-order valence-electron chi connectivity index (χ0n) is 8.65. The Balaban J connectivity index is 3.66. The van der Waals surface area contributed by atoms with Crippen LogP contribution in [0.5, 0.6) is 0 Å². The summed E-state index contributed by atoms with van der Waals surface area (Å²) >= 11 is 0. The smallest absolute Gasteiger partial charge is 0.307 e. The summed E-state index contributed by atoms with van der Waals surface area (Å²) in [5.41, 5.74) is 0. The summed E-state index contributed by atoms with van der Waals surface area (Å²) in [6, 6.07) is 0. The van der Waals surface area contributed by atoms with E-state index in [9.17, 15) is 9.59 Å². The number of hydrogen-bond acceptors (Lipinski definition) is 4. The molecule has 5 heteroatoms. The fourth-order valence-electron chi connectivity index (χ4n) is 0.907. The van der Waals surface area contributed by atoms with Crippen molar-refractivity contribution in [1.82, 2.24) is 4.90 Å². The SMILES string of the molecule is COC(=O)CCN(C)C(=O)CCCO. The van der Waals surface area contributed by atoms with E-state index in [2.05, 4.69) is 4.74 Å². The lowest BCUT2D eigenvalue weighted by Crippen LogP contribution is -2.29. The zero-order valence-corrected chi connectivity index (χ0v) is 8.65. The second-order valence-corrected chi connectivity index (χ2v) is 2.97. The number of esters is 1. The Hall–Kier alpha value is -1.10. The van der Waals surface area contributed by atoms with Gasteiger partial charge in [0.15, 0.2) is 0 Å². The minimum atomic E-state index is -0.327. The van der Waals surface area contributed by atoms with Crippen LogP contribution in [-0.4, -0.2) is 49.2 Å². The van der Waals surface area contributed by atoms with Crippen LogP contribution < -0.4 is 0 Å². The zero-order chi connectivity index (χ0) is 11.0. The summed E-state index contributed by atoms with van der Waals surface area (Å²) in [5, 5.41) is 8.51. The lowest BCUT2D eigenvalue weighted by Gasteiger charge is -2.15. The van der Waals surface area contributed by atoms with E-state index in [1.807, 2.05) is 0 Å². The van der Waals surface area contributed by atoms with Crippen LogP contribution >= 0.6 is 0 Å². The third-order valence-corrected chi connectivity index (χ3v) is 1.85. The van der Waals surface area contributed by atoms with Gasteiger partial charge in [0, 0.05) is 26.6 Å². The van der Waals surface area contributed by atoms with Crippen molar-refractivity contribution in [2.24, 2.45) is 0 Å². The van der Waals surface area contributed by atoms with Crippen molar-refractivity contribution in [3.63, 3.8) is 0 Å². The maximum atomic E-state index is 11.3. The summed E-state index contributed by atoms with van der Waals surface area (Å²) in [5.74, 6) is -0.394. The van der Waals surface area contributed by atoms with Gasteiger partial charge in [-0.05, 0) is 6.42 Å². The highest BCUT2D eigenvalue weighted by molar-refractivity contribution is 5.76. The molecule has 0 heterocycles. The summed E-state index contributed by atoms with van der Waals surface area (Å²) < 4.78 is 4.44. The molecule has 5 nitrogen and oxygen atoms in total. The van der Waals surface area contributed by atoms with Gasteiger partial charge in [-0.2, -0.15) is 0 Å². The van der Waals surface area contributed by atoms with Crippen LogP contribution in [0.25, 0.3) is 0 Å². The molecule has 0 aromatic carbocycles. The van der Waals surface area contributed by atoms with Gasteiger partial charge in [-0.15, -0.1) is 0 Å². The first kappa shape index (κ1) is 12.9. The first-order valence-corrected chi connectivity index (χ1v) is 4.53. The minimum Gasteiger partial charge on any atom is -0.469 e. The monoisotopic (exact) mass is 203 g/mol. The largest absolute Gasteiger partial charge is 0.469 e. The van der Waals surface area contributed by atoms with Crippen LogP contribution in [0.4, 0.5) is 0 Å². The molecular weight excluding hydrogens is 186 g/mol. The number of aliphatic hydroxyl groups is 1. The van der Waals surface area contributed by atoms with E-state index in [0.717, 1.165) is 0 Å². The number of nitrogens with zero attached hydrogens (tertiary/aromatic N) is 1. The molecule has 0 fully saturated rings. The van der Waals surface area contributed by atoms with Crippen LogP contribution in [0.15, 0.2) is 0 Å². The molecule has 14 heavy (non-hydrogen) atoms.